The Hall–Kier alpha value is -1.95. The van der Waals surface area contributed by atoms with Crippen molar-refractivity contribution in [2.45, 2.75) is 13.3 Å². The first-order valence-electron chi connectivity index (χ1n) is 5.67. The summed E-state index contributed by atoms with van der Waals surface area (Å²) in [6, 6.07) is 2.61. The smallest absolute Gasteiger partial charge is 0.332 e. The number of halogens is 1. The van der Waals surface area contributed by atoms with Crippen molar-refractivity contribution in [3.05, 3.63) is 22.7 Å². The molecule has 104 valence electrons. The Kier molecular flexibility index (Phi) is 5.95. The predicted molar refractivity (Wildman–Crippen MR) is 74.1 cm³/mol. The molecule has 1 aromatic carbocycles. The number of carbonyl (C=O) groups excluding carboxylic acids is 1. The molecule has 0 atom stereocenters. The molecule has 0 aliphatic rings. The molecule has 0 heterocycles. The lowest BCUT2D eigenvalue weighted by molar-refractivity contribution is 0.249. The van der Waals surface area contributed by atoms with Gasteiger partial charge >= 0.3 is 6.03 Å². The van der Waals surface area contributed by atoms with Crippen molar-refractivity contribution in [3.63, 3.8) is 0 Å². The van der Waals surface area contributed by atoms with Crippen LogP contribution in [0, 0.1) is 0 Å². The zero-order valence-corrected chi connectivity index (χ0v) is 11.5. The molecule has 7 heteroatoms. The van der Waals surface area contributed by atoms with Crippen LogP contribution in [0.3, 0.4) is 0 Å². The molecule has 1 aromatic rings. The lowest BCUT2D eigenvalue weighted by Crippen LogP contribution is -2.24. The van der Waals surface area contributed by atoms with Crippen LogP contribution in [0.4, 0.5) is 4.79 Å². The van der Waals surface area contributed by atoms with Crippen molar-refractivity contribution in [3.8, 4) is 11.5 Å². The fourth-order valence-electron chi connectivity index (χ4n) is 1.33. The number of urea groups is 1. The van der Waals surface area contributed by atoms with Crippen molar-refractivity contribution in [2.24, 2.45) is 10.8 Å². The lowest BCUT2D eigenvalue weighted by Gasteiger charge is -2.12. The summed E-state index contributed by atoms with van der Waals surface area (Å²) in [5.74, 6) is 0.993. The number of rotatable bonds is 6. The molecular formula is C12H16ClN3O3. The van der Waals surface area contributed by atoms with E-state index in [1.807, 2.05) is 6.92 Å². The SMILES string of the molecule is CCCOc1c(Cl)cc(C=NNC(N)=O)cc1OC. The largest absolute Gasteiger partial charge is 0.493 e. The highest BCUT2D eigenvalue weighted by Crippen LogP contribution is 2.36. The van der Waals surface area contributed by atoms with E-state index < -0.39 is 6.03 Å². The molecule has 3 N–H and O–H groups in total. The van der Waals surface area contributed by atoms with Crippen LogP contribution >= 0.6 is 11.6 Å². The van der Waals surface area contributed by atoms with Crippen LogP contribution in [0.25, 0.3) is 0 Å². The Morgan fingerprint density at radius 2 is 2.32 bits per heavy atom. The van der Waals surface area contributed by atoms with Crippen molar-refractivity contribution in [1.82, 2.24) is 5.43 Å². The number of carbonyl (C=O) groups is 1. The summed E-state index contributed by atoms with van der Waals surface area (Å²) in [5.41, 5.74) is 7.63. The van der Waals surface area contributed by atoms with Gasteiger partial charge in [0.1, 0.15) is 0 Å². The number of nitrogens with two attached hydrogens (primary N) is 1. The Labute approximate surface area is 116 Å². The summed E-state index contributed by atoms with van der Waals surface area (Å²) in [6.07, 6.45) is 2.27. The third kappa shape index (κ3) is 4.67. The first-order chi connectivity index (χ1) is 9.08. The third-order valence-corrected chi connectivity index (χ3v) is 2.37. The summed E-state index contributed by atoms with van der Waals surface area (Å²) in [5, 5.41) is 4.06. The van der Waals surface area contributed by atoms with E-state index in [1.54, 1.807) is 12.1 Å². The first kappa shape index (κ1) is 15.1. The predicted octanol–water partition coefficient (Wildman–Crippen LogP) is 2.14. The number of hydrazone groups is 1. The molecule has 2 amide bonds. The van der Waals surface area contributed by atoms with Gasteiger partial charge < -0.3 is 15.2 Å². The molecule has 0 unspecified atom stereocenters. The second kappa shape index (κ2) is 7.48. The van der Waals surface area contributed by atoms with E-state index in [2.05, 4.69) is 10.5 Å². The van der Waals surface area contributed by atoms with E-state index in [1.165, 1.54) is 13.3 Å². The van der Waals surface area contributed by atoms with Crippen LogP contribution in [-0.2, 0) is 0 Å². The number of nitrogens with one attached hydrogen (secondary N) is 1. The van der Waals surface area contributed by atoms with E-state index in [-0.39, 0.29) is 0 Å². The maximum atomic E-state index is 10.5. The topological polar surface area (TPSA) is 85.9 Å². The second-order valence-electron chi connectivity index (χ2n) is 3.62. The number of benzene rings is 1. The Bertz CT molecular complexity index is 478. The van der Waals surface area contributed by atoms with Crippen molar-refractivity contribution in [1.29, 1.82) is 0 Å². The number of nitrogens with zero attached hydrogens (tertiary/aromatic N) is 1. The molecule has 1 rings (SSSR count). The average molecular weight is 286 g/mol. The standard InChI is InChI=1S/C12H16ClN3O3/c1-3-4-19-11-9(13)5-8(6-10(11)18-2)7-15-16-12(14)17/h5-7H,3-4H2,1-2H3,(H3,14,16,17). The van der Waals surface area contributed by atoms with E-state index in [0.29, 0.717) is 28.7 Å². The van der Waals surface area contributed by atoms with Gasteiger partial charge in [0.25, 0.3) is 0 Å². The third-order valence-electron chi connectivity index (χ3n) is 2.09. The zero-order chi connectivity index (χ0) is 14.3. The summed E-state index contributed by atoms with van der Waals surface area (Å²) in [6.45, 7) is 2.55. The first-order valence-corrected chi connectivity index (χ1v) is 6.05. The highest BCUT2D eigenvalue weighted by Gasteiger charge is 2.11. The summed E-state index contributed by atoms with van der Waals surface area (Å²) >= 11 is 6.11. The van der Waals surface area contributed by atoms with Crippen molar-refractivity contribution >= 4 is 23.8 Å². The number of methoxy groups -OCH3 is 1. The molecule has 0 bridgehead atoms. The van der Waals surface area contributed by atoms with E-state index in [0.717, 1.165) is 6.42 Å². The number of ether oxygens (including phenoxy) is 2. The van der Waals surface area contributed by atoms with Gasteiger partial charge in [-0.2, -0.15) is 5.10 Å². The summed E-state index contributed by atoms with van der Waals surface area (Å²) < 4.78 is 10.7. The number of hydrogen-bond donors (Lipinski definition) is 2. The molecule has 0 aliphatic heterocycles. The monoisotopic (exact) mass is 285 g/mol. The van der Waals surface area contributed by atoms with Crippen LogP contribution in [0.15, 0.2) is 17.2 Å². The molecule has 0 saturated heterocycles. The molecular weight excluding hydrogens is 270 g/mol. The molecule has 0 radical (unpaired) electrons. The van der Waals surface area contributed by atoms with Gasteiger partial charge in [-0.05, 0) is 24.1 Å². The van der Waals surface area contributed by atoms with Gasteiger partial charge in [0.15, 0.2) is 11.5 Å². The highest BCUT2D eigenvalue weighted by molar-refractivity contribution is 6.32. The maximum Gasteiger partial charge on any atom is 0.332 e. The molecule has 0 aliphatic carbocycles. The van der Waals surface area contributed by atoms with E-state index in [4.69, 9.17) is 26.8 Å². The van der Waals surface area contributed by atoms with Crippen LogP contribution < -0.4 is 20.6 Å². The van der Waals surface area contributed by atoms with Gasteiger partial charge in [-0.3, -0.25) is 0 Å². The minimum Gasteiger partial charge on any atom is -0.493 e. The lowest BCUT2D eigenvalue weighted by atomic mass is 10.2. The van der Waals surface area contributed by atoms with Gasteiger partial charge in [-0.25, -0.2) is 10.2 Å². The van der Waals surface area contributed by atoms with Crippen molar-refractivity contribution in [2.75, 3.05) is 13.7 Å². The normalized spacial score (nSPS) is 10.5. The van der Waals surface area contributed by atoms with Gasteiger partial charge in [0, 0.05) is 0 Å². The van der Waals surface area contributed by atoms with Crippen LogP contribution in [0.5, 0.6) is 11.5 Å². The zero-order valence-electron chi connectivity index (χ0n) is 10.8. The quantitative estimate of drug-likeness (QED) is 0.620. The minimum absolute atomic E-state index is 0.410. The van der Waals surface area contributed by atoms with Crippen LogP contribution in [0.1, 0.15) is 18.9 Å². The summed E-state index contributed by atoms with van der Waals surface area (Å²) in [4.78, 5) is 10.5. The fraction of sp³-hybridized carbons (Fsp3) is 0.333. The maximum absolute atomic E-state index is 10.5. The van der Waals surface area contributed by atoms with Gasteiger partial charge in [0.2, 0.25) is 0 Å². The second-order valence-corrected chi connectivity index (χ2v) is 4.02. The molecule has 0 fully saturated rings. The number of amides is 2. The average Bonchev–Trinajstić information content (AvgIpc) is 2.36. The van der Waals surface area contributed by atoms with Gasteiger partial charge in [-0.15, -0.1) is 0 Å². The molecule has 6 nitrogen and oxygen atoms in total. The number of primary amides is 1. The molecule has 19 heavy (non-hydrogen) atoms. The Balaban J connectivity index is 2.95. The molecule has 0 aromatic heterocycles. The van der Waals surface area contributed by atoms with E-state index in [9.17, 15) is 4.79 Å². The van der Waals surface area contributed by atoms with E-state index >= 15 is 0 Å². The molecule has 0 spiro atoms. The Morgan fingerprint density at radius 1 is 1.58 bits per heavy atom. The van der Waals surface area contributed by atoms with Gasteiger partial charge in [-0.1, -0.05) is 18.5 Å². The Morgan fingerprint density at radius 3 is 2.89 bits per heavy atom. The fourth-order valence-corrected chi connectivity index (χ4v) is 1.60. The number of hydrogen-bond acceptors (Lipinski definition) is 4. The van der Waals surface area contributed by atoms with Crippen LogP contribution in [-0.4, -0.2) is 26.0 Å². The summed E-state index contributed by atoms with van der Waals surface area (Å²) in [7, 11) is 1.52. The minimum atomic E-state index is -0.739. The highest BCUT2D eigenvalue weighted by atomic mass is 35.5. The molecule has 0 saturated carbocycles. The van der Waals surface area contributed by atoms with Gasteiger partial charge in [0.05, 0.1) is 25.0 Å². The van der Waals surface area contributed by atoms with Crippen LogP contribution in [0.2, 0.25) is 5.02 Å². The van der Waals surface area contributed by atoms with Crippen molar-refractivity contribution < 1.29 is 14.3 Å².